The van der Waals surface area contributed by atoms with E-state index in [1.807, 2.05) is 0 Å². The highest BCUT2D eigenvalue weighted by atomic mass is 16.3. The number of aliphatic hydroxyl groups is 3. The maximum absolute atomic E-state index is 10.3. The third kappa shape index (κ3) is 4.37. The van der Waals surface area contributed by atoms with Gasteiger partial charge in [-0.05, 0) is 31.1 Å². The van der Waals surface area contributed by atoms with Crippen molar-refractivity contribution in [2.75, 3.05) is 19.7 Å². The van der Waals surface area contributed by atoms with E-state index in [1.54, 1.807) is 0 Å². The normalized spacial score (nSPS) is 25.3. The van der Waals surface area contributed by atoms with Crippen LogP contribution in [-0.2, 0) is 0 Å². The summed E-state index contributed by atoms with van der Waals surface area (Å²) in [6, 6.07) is 0. The molecule has 0 heterocycles. The first-order valence-electron chi connectivity index (χ1n) is 6.09. The van der Waals surface area contributed by atoms with Crippen molar-refractivity contribution >= 4 is 0 Å². The van der Waals surface area contributed by atoms with Gasteiger partial charge in [-0.25, -0.2) is 0 Å². The smallest absolute Gasteiger partial charge is 0.0894 e. The van der Waals surface area contributed by atoms with Gasteiger partial charge in [-0.3, -0.25) is 0 Å². The fourth-order valence-electron chi connectivity index (χ4n) is 2.10. The van der Waals surface area contributed by atoms with Crippen LogP contribution >= 0.6 is 0 Å². The summed E-state index contributed by atoms with van der Waals surface area (Å²) in [4.78, 5) is 0. The van der Waals surface area contributed by atoms with Crippen LogP contribution in [0.3, 0.4) is 0 Å². The molecule has 96 valence electrons. The molecule has 4 heteroatoms. The lowest BCUT2D eigenvalue weighted by Gasteiger charge is -2.40. The van der Waals surface area contributed by atoms with Gasteiger partial charge < -0.3 is 20.6 Å². The van der Waals surface area contributed by atoms with Crippen LogP contribution in [0.4, 0.5) is 0 Å². The minimum Gasteiger partial charge on any atom is -0.394 e. The number of aliphatic hydroxyl groups excluding tert-OH is 2. The Hall–Kier alpha value is -0.160. The Morgan fingerprint density at radius 2 is 1.75 bits per heavy atom. The van der Waals surface area contributed by atoms with E-state index < -0.39 is 11.7 Å². The van der Waals surface area contributed by atoms with Crippen molar-refractivity contribution in [2.24, 2.45) is 5.41 Å². The molecule has 0 spiro atoms. The van der Waals surface area contributed by atoms with Gasteiger partial charge >= 0.3 is 0 Å². The van der Waals surface area contributed by atoms with Crippen LogP contribution in [0.15, 0.2) is 0 Å². The Kier molecular flexibility index (Phi) is 4.73. The summed E-state index contributed by atoms with van der Waals surface area (Å²) in [7, 11) is 0. The molecule has 0 aromatic rings. The SMILES string of the molecule is CC1(C)CCC(O)(CNCC(O)CO)CC1. The monoisotopic (exact) mass is 231 g/mol. The molecule has 0 saturated heterocycles. The van der Waals surface area contributed by atoms with Gasteiger partial charge in [0.1, 0.15) is 0 Å². The molecule has 0 aromatic heterocycles. The third-order valence-corrected chi connectivity index (χ3v) is 3.58. The Labute approximate surface area is 97.7 Å². The molecule has 0 aliphatic heterocycles. The predicted octanol–water partition coefficient (Wildman–Crippen LogP) is 0.260. The van der Waals surface area contributed by atoms with Crippen LogP contribution in [0, 0.1) is 5.41 Å². The molecule has 1 unspecified atom stereocenters. The first-order chi connectivity index (χ1) is 7.37. The van der Waals surface area contributed by atoms with Crippen LogP contribution in [-0.4, -0.2) is 46.7 Å². The molecule has 0 radical (unpaired) electrons. The molecule has 0 aromatic carbocycles. The second kappa shape index (κ2) is 5.45. The number of hydrogen-bond donors (Lipinski definition) is 4. The van der Waals surface area contributed by atoms with E-state index in [0.29, 0.717) is 18.5 Å². The third-order valence-electron chi connectivity index (χ3n) is 3.58. The summed E-state index contributed by atoms with van der Waals surface area (Å²) >= 11 is 0. The van der Waals surface area contributed by atoms with Crippen molar-refractivity contribution < 1.29 is 15.3 Å². The van der Waals surface area contributed by atoms with E-state index >= 15 is 0 Å². The van der Waals surface area contributed by atoms with Crippen LogP contribution in [0.1, 0.15) is 39.5 Å². The summed E-state index contributed by atoms with van der Waals surface area (Å²) < 4.78 is 0. The van der Waals surface area contributed by atoms with Crippen LogP contribution in [0.5, 0.6) is 0 Å². The van der Waals surface area contributed by atoms with Crippen molar-refractivity contribution in [1.29, 1.82) is 0 Å². The van der Waals surface area contributed by atoms with Gasteiger partial charge in [0, 0.05) is 13.1 Å². The molecule has 1 aliphatic rings. The Morgan fingerprint density at radius 3 is 2.25 bits per heavy atom. The molecule has 4 nitrogen and oxygen atoms in total. The highest BCUT2D eigenvalue weighted by Gasteiger charge is 2.36. The summed E-state index contributed by atoms with van der Waals surface area (Å²) in [5, 5.41) is 31.1. The van der Waals surface area contributed by atoms with Gasteiger partial charge in [0.25, 0.3) is 0 Å². The number of hydrogen-bond acceptors (Lipinski definition) is 4. The van der Waals surface area contributed by atoms with Gasteiger partial charge in [0.15, 0.2) is 0 Å². The Balaban J connectivity index is 2.26. The molecular weight excluding hydrogens is 206 g/mol. The van der Waals surface area contributed by atoms with Gasteiger partial charge in [-0.15, -0.1) is 0 Å². The van der Waals surface area contributed by atoms with Crippen LogP contribution in [0.2, 0.25) is 0 Å². The first-order valence-corrected chi connectivity index (χ1v) is 6.09. The second-order valence-corrected chi connectivity index (χ2v) is 5.86. The van der Waals surface area contributed by atoms with E-state index in [2.05, 4.69) is 19.2 Å². The summed E-state index contributed by atoms with van der Waals surface area (Å²) in [5.74, 6) is 0. The molecular formula is C12H25NO3. The van der Waals surface area contributed by atoms with E-state index in [1.165, 1.54) is 0 Å². The molecule has 0 amide bonds. The van der Waals surface area contributed by atoms with E-state index in [-0.39, 0.29) is 6.61 Å². The van der Waals surface area contributed by atoms with Crippen molar-refractivity contribution in [3.05, 3.63) is 0 Å². The van der Waals surface area contributed by atoms with E-state index in [0.717, 1.165) is 25.7 Å². The Bertz CT molecular complexity index is 208. The zero-order valence-corrected chi connectivity index (χ0v) is 10.4. The summed E-state index contributed by atoms with van der Waals surface area (Å²) in [6.07, 6.45) is 2.95. The Morgan fingerprint density at radius 1 is 1.19 bits per heavy atom. The lowest BCUT2D eigenvalue weighted by atomic mass is 9.71. The predicted molar refractivity (Wildman–Crippen MR) is 63.2 cm³/mol. The molecule has 1 rings (SSSR count). The number of nitrogens with one attached hydrogen (secondary N) is 1. The quantitative estimate of drug-likeness (QED) is 0.548. The maximum atomic E-state index is 10.3. The molecule has 1 aliphatic carbocycles. The fourth-order valence-corrected chi connectivity index (χ4v) is 2.10. The topological polar surface area (TPSA) is 72.7 Å². The standard InChI is InChI=1S/C12H25NO3/c1-11(2)3-5-12(16,6-4-11)9-13-7-10(15)8-14/h10,13-16H,3-9H2,1-2H3. The van der Waals surface area contributed by atoms with E-state index in [4.69, 9.17) is 10.2 Å². The maximum Gasteiger partial charge on any atom is 0.0894 e. The summed E-state index contributed by atoms with van der Waals surface area (Å²) in [6.45, 7) is 5.06. The highest BCUT2D eigenvalue weighted by Crippen LogP contribution is 2.39. The molecule has 0 bridgehead atoms. The lowest BCUT2D eigenvalue weighted by molar-refractivity contribution is -0.0266. The van der Waals surface area contributed by atoms with Crippen molar-refractivity contribution in [1.82, 2.24) is 5.32 Å². The second-order valence-electron chi connectivity index (χ2n) is 5.86. The fraction of sp³-hybridized carbons (Fsp3) is 1.00. The van der Waals surface area contributed by atoms with Gasteiger partial charge in [0.05, 0.1) is 18.3 Å². The number of rotatable bonds is 5. The molecule has 1 fully saturated rings. The van der Waals surface area contributed by atoms with Crippen molar-refractivity contribution in [3.63, 3.8) is 0 Å². The molecule has 1 saturated carbocycles. The molecule has 1 atom stereocenters. The minimum absolute atomic E-state index is 0.238. The van der Waals surface area contributed by atoms with Gasteiger partial charge in [-0.1, -0.05) is 13.8 Å². The largest absolute Gasteiger partial charge is 0.394 e. The lowest BCUT2D eigenvalue weighted by Crippen LogP contribution is -2.46. The van der Waals surface area contributed by atoms with Gasteiger partial charge in [-0.2, -0.15) is 0 Å². The summed E-state index contributed by atoms with van der Waals surface area (Å²) in [5.41, 5.74) is -0.290. The van der Waals surface area contributed by atoms with Crippen molar-refractivity contribution in [2.45, 2.75) is 51.2 Å². The molecule has 16 heavy (non-hydrogen) atoms. The average molecular weight is 231 g/mol. The van der Waals surface area contributed by atoms with Gasteiger partial charge in [0.2, 0.25) is 0 Å². The molecule has 4 N–H and O–H groups in total. The average Bonchev–Trinajstić information content (AvgIpc) is 2.23. The zero-order chi connectivity index (χ0) is 12.2. The van der Waals surface area contributed by atoms with Crippen molar-refractivity contribution in [3.8, 4) is 0 Å². The highest BCUT2D eigenvalue weighted by molar-refractivity contribution is 4.90. The van der Waals surface area contributed by atoms with Crippen LogP contribution < -0.4 is 5.32 Å². The first kappa shape index (κ1) is 13.9. The van der Waals surface area contributed by atoms with Crippen LogP contribution in [0.25, 0.3) is 0 Å². The van der Waals surface area contributed by atoms with E-state index in [9.17, 15) is 5.11 Å². The zero-order valence-electron chi connectivity index (χ0n) is 10.4. The minimum atomic E-state index is -0.733.